The standard InChI is InChI=1S/C7H13IN2O/c1-5-2-3-6-4-9(5)10(8)7(6)11/h5-7,11H,2-4H2,1H3. The largest absolute Gasteiger partial charge is 0.376 e. The molecule has 2 bridgehead atoms. The van der Waals surface area contributed by atoms with Crippen LogP contribution < -0.4 is 0 Å². The molecule has 2 fully saturated rings. The van der Waals surface area contributed by atoms with E-state index in [1.807, 2.05) is 3.22 Å². The number of fused-ring (bicyclic) bond motifs is 2. The molecule has 3 nitrogen and oxygen atoms in total. The van der Waals surface area contributed by atoms with E-state index in [-0.39, 0.29) is 6.23 Å². The van der Waals surface area contributed by atoms with Crippen molar-refractivity contribution in [3.63, 3.8) is 0 Å². The molecule has 2 aliphatic rings. The molecule has 64 valence electrons. The normalized spacial score (nSPS) is 51.5. The Morgan fingerprint density at radius 3 is 2.82 bits per heavy atom. The van der Waals surface area contributed by atoms with Crippen molar-refractivity contribution in [2.24, 2.45) is 5.92 Å². The molecule has 0 spiro atoms. The van der Waals surface area contributed by atoms with Crippen molar-refractivity contribution in [2.45, 2.75) is 32.0 Å². The fraction of sp³-hybridized carbons (Fsp3) is 1.00. The molecule has 0 aliphatic carbocycles. The number of hydrogen-bond acceptors (Lipinski definition) is 3. The summed E-state index contributed by atoms with van der Waals surface area (Å²) in [6.45, 7) is 3.27. The minimum atomic E-state index is -0.236. The second kappa shape index (κ2) is 2.83. The second-order valence-corrected chi connectivity index (χ2v) is 4.50. The van der Waals surface area contributed by atoms with Gasteiger partial charge in [0, 0.05) is 41.4 Å². The number of hydrogen-bond donors (Lipinski definition) is 1. The van der Waals surface area contributed by atoms with E-state index in [4.69, 9.17) is 0 Å². The molecule has 0 saturated carbocycles. The fourth-order valence-corrected chi connectivity index (χ4v) is 3.01. The lowest BCUT2D eigenvalue weighted by atomic mass is 9.96. The summed E-state index contributed by atoms with van der Waals surface area (Å²) >= 11 is 2.20. The Kier molecular flexibility index (Phi) is 2.11. The summed E-state index contributed by atoms with van der Waals surface area (Å²) in [6.07, 6.45) is 2.17. The Hall–Kier alpha value is 0.610. The highest BCUT2D eigenvalue weighted by atomic mass is 127. The maximum Gasteiger partial charge on any atom is 0.133 e. The number of rotatable bonds is 0. The van der Waals surface area contributed by atoms with Gasteiger partial charge in [0.2, 0.25) is 0 Å². The quantitative estimate of drug-likeness (QED) is 0.524. The minimum Gasteiger partial charge on any atom is -0.376 e. The van der Waals surface area contributed by atoms with Crippen molar-refractivity contribution in [2.75, 3.05) is 6.54 Å². The van der Waals surface area contributed by atoms with Crippen LogP contribution in [0.1, 0.15) is 19.8 Å². The van der Waals surface area contributed by atoms with Gasteiger partial charge in [0.1, 0.15) is 6.23 Å². The van der Waals surface area contributed by atoms with Gasteiger partial charge < -0.3 is 5.11 Å². The lowest BCUT2D eigenvalue weighted by Gasteiger charge is -2.30. The first-order chi connectivity index (χ1) is 5.20. The summed E-state index contributed by atoms with van der Waals surface area (Å²) < 4.78 is 1.96. The molecular formula is C7H13IN2O. The summed E-state index contributed by atoms with van der Waals surface area (Å²) in [4.78, 5) is 0. The summed E-state index contributed by atoms with van der Waals surface area (Å²) in [7, 11) is 0. The van der Waals surface area contributed by atoms with Gasteiger partial charge in [-0.25, -0.2) is 5.01 Å². The Bertz CT molecular complexity index is 167. The number of piperidine rings is 1. The van der Waals surface area contributed by atoms with Crippen molar-refractivity contribution in [3.05, 3.63) is 0 Å². The van der Waals surface area contributed by atoms with E-state index in [1.165, 1.54) is 12.8 Å². The number of aliphatic hydroxyl groups excluding tert-OH is 1. The highest BCUT2D eigenvalue weighted by Gasteiger charge is 2.43. The van der Waals surface area contributed by atoms with Crippen LogP contribution in [-0.2, 0) is 0 Å². The van der Waals surface area contributed by atoms with E-state index < -0.39 is 0 Å². The molecule has 4 heteroatoms. The van der Waals surface area contributed by atoms with Gasteiger partial charge in [-0.15, -0.1) is 0 Å². The average Bonchev–Trinajstić information content (AvgIpc) is 2.24. The van der Waals surface area contributed by atoms with Crippen LogP contribution in [0.15, 0.2) is 0 Å². The Labute approximate surface area is 80.8 Å². The van der Waals surface area contributed by atoms with E-state index in [0.29, 0.717) is 12.0 Å². The van der Waals surface area contributed by atoms with Gasteiger partial charge in [0.05, 0.1) is 0 Å². The van der Waals surface area contributed by atoms with E-state index in [0.717, 1.165) is 6.54 Å². The molecule has 0 radical (unpaired) electrons. The Balaban J connectivity index is 2.16. The molecule has 2 aliphatic heterocycles. The lowest BCUT2D eigenvalue weighted by molar-refractivity contribution is 0.00168. The monoisotopic (exact) mass is 268 g/mol. The van der Waals surface area contributed by atoms with Gasteiger partial charge in [-0.1, -0.05) is 0 Å². The van der Waals surface area contributed by atoms with Crippen molar-refractivity contribution < 1.29 is 5.11 Å². The molecular weight excluding hydrogens is 255 g/mol. The first-order valence-corrected chi connectivity index (χ1v) is 5.06. The third kappa shape index (κ3) is 1.20. The third-order valence-corrected chi connectivity index (χ3v) is 3.90. The molecule has 0 aromatic carbocycles. The van der Waals surface area contributed by atoms with E-state index in [1.54, 1.807) is 0 Å². The first-order valence-electron chi connectivity index (χ1n) is 4.10. The first kappa shape index (κ1) is 8.22. The predicted octanol–water partition coefficient (Wildman–Crippen LogP) is 0.986. The highest BCUT2D eigenvalue weighted by Crippen LogP contribution is 2.36. The molecule has 2 saturated heterocycles. The molecule has 0 aromatic heterocycles. The van der Waals surface area contributed by atoms with Gasteiger partial charge in [-0.3, -0.25) is 0 Å². The summed E-state index contributed by atoms with van der Waals surface area (Å²) in [5.74, 6) is 0.489. The zero-order valence-electron chi connectivity index (χ0n) is 6.57. The van der Waals surface area contributed by atoms with Crippen LogP contribution in [0.2, 0.25) is 0 Å². The van der Waals surface area contributed by atoms with Crippen LogP contribution >= 0.6 is 22.9 Å². The lowest BCUT2D eigenvalue weighted by Crippen LogP contribution is -2.39. The molecule has 4 unspecified atom stereocenters. The molecule has 1 N–H and O–H groups in total. The van der Waals surface area contributed by atoms with Crippen LogP contribution in [0.25, 0.3) is 0 Å². The van der Waals surface area contributed by atoms with Crippen molar-refractivity contribution in [1.82, 2.24) is 8.23 Å². The molecule has 4 atom stereocenters. The van der Waals surface area contributed by atoms with Crippen LogP contribution in [0, 0.1) is 5.92 Å². The van der Waals surface area contributed by atoms with Gasteiger partial charge in [-0.2, -0.15) is 3.22 Å². The number of hydrazine groups is 1. The highest BCUT2D eigenvalue weighted by molar-refractivity contribution is 14.1. The molecule has 11 heavy (non-hydrogen) atoms. The molecule has 0 aromatic rings. The summed E-state index contributed by atoms with van der Waals surface area (Å²) in [6, 6.07) is 0.611. The molecule has 2 heterocycles. The van der Waals surface area contributed by atoms with E-state index in [9.17, 15) is 5.11 Å². The maximum absolute atomic E-state index is 9.66. The predicted molar refractivity (Wildman–Crippen MR) is 50.8 cm³/mol. The average molecular weight is 268 g/mol. The third-order valence-electron chi connectivity index (χ3n) is 2.77. The zero-order chi connectivity index (χ0) is 8.01. The van der Waals surface area contributed by atoms with Crippen LogP contribution in [-0.4, -0.2) is 32.2 Å². The van der Waals surface area contributed by atoms with Crippen molar-refractivity contribution >= 4 is 22.9 Å². The second-order valence-electron chi connectivity index (χ2n) is 3.51. The van der Waals surface area contributed by atoms with E-state index in [2.05, 4.69) is 34.8 Å². The maximum atomic E-state index is 9.66. The van der Waals surface area contributed by atoms with Gasteiger partial charge in [0.25, 0.3) is 0 Å². The van der Waals surface area contributed by atoms with Crippen molar-refractivity contribution in [3.8, 4) is 0 Å². The summed E-state index contributed by atoms with van der Waals surface area (Å²) in [5.41, 5.74) is 0. The minimum absolute atomic E-state index is 0.236. The van der Waals surface area contributed by atoms with Crippen LogP contribution in [0.5, 0.6) is 0 Å². The topological polar surface area (TPSA) is 26.7 Å². The van der Waals surface area contributed by atoms with Crippen molar-refractivity contribution in [1.29, 1.82) is 0 Å². The SMILES string of the molecule is CC1CCC2CN1N(I)C2O. The number of aliphatic hydroxyl groups is 1. The summed E-state index contributed by atoms with van der Waals surface area (Å²) in [5, 5.41) is 11.9. The fourth-order valence-electron chi connectivity index (χ4n) is 1.95. The van der Waals surface area contributed by atoms with Crippen LogP contribution in [0.3, 0.4) is 0 Å². The van der Waals surface area contributed by atoms with Gasteiger partial charge in [-0.05, 0) is 19.8 Å². The smallest absolute Gasteiger partial charge is 0.133 e. The molecule has 2 rings (SSSR count). The Morgan fingerprint density at radius 1 is 1.45 bits per heavy atom. The van der Waals surface area contributed by atoms with E-state index >= 15 is 0 Å². The van der Waals surface area contributed by atoms with Gasteiger partial charge >= 0.3 is 0 Å². The zero-order valence-corrected chi connectivity index (χ0v) is 8.73. The van der Waals surface area contributed by atoms with Gasteiger partial charge in [0.15, 0.2) is 0 Å². The Morgan fingerprint density at radius 2 is 2.18 bits per heavy atom. The number of nitrogens with zero attached hydrogens (tertiary/aromatic N) is 2. The van der Waals surface area contributed by atoms with Crippen LogP contribution in [0.4, 0.5) is 0 Å². The number of halogens is 1. The molecule has 0 amide bonds.